The van der Waals surface area contributed by atoms with Gasteiger partial charge in [0.25, 0.3) is 0 Å². The molecule has 1 rings (SSSR count). The van der Waals surface area contributed by atoms with Crippen LogP contribution in [-0.2, 0) is 10.2 Å². The number of rotatable bonds is 6. The summed E-state index contributed by atoms with van der Waals surface area (Å²) in [6.45, 7) is 0.185. The van der Waals surface area contributed by atoms with E-state index in [1.54, 1.807) is 0 Å². The molecule has 3 N–H and O–H groups in total. The third-order valence-corrected chi connectivity index (χ3v) is 3.90. The molecule has 1 aromatic carbocycles. The lowest BCUT2D eigenvalue weighted by atomic mass is 10.3. The van der Waals surface area contributed by atoms with Gasteiger partial charge in [-0.2, -0.15) is 12.7 Å². The summed E-state index contributed by atoms with van der Waals surface area (Å²) in [5, 5.41) is 0. The zero-order valence-electron chi connectivity index (χ0n) is 10.5. The fourth-order valence-corrected chi connectivity index (χ4v) is 2.27. The van der Waals surface area contributed by atoms with Gasteiger partial charge in [-0.25, -0.2) is 17.6 Å². The lowest BCUT2D eigenvalue weighted by Crippen LogP contribution is -2.34. The van der Waals surface area contributed by atoms with Gasteiger partial charge in [-0.15, -0.1) is 0 Å². The Bertz CT molecular complexity index is 568. The van der Waals surface area contributed by atoms with Crippen LogP contribution in [0.5, 0.6) is 0 Å². The van der Waals surface area contributed by atoms with Gasteiger partial charge in [-0.3, -0.25) is 4.72 Å². The second kappa shape index (κ2) is 6.37. The van der Waals surface area contributed by atoms with Crippen LogP contribution in [0.1, 0.15) is 6.42 Å². The minimum Gasteiger partial charge on any atom is -0.330 e. The summed E-state index contributed by atoms with van der Waals surface area (Å²) in [7, 11) is -3.22. The molecule has 0 unspecified atom stereocenters. The molecular formula is C10H13F4N3O2S. The molecule has 1 aromatic rings. The number of nitrogens with two attached hydrogens (primary N) is 1. The van der Waals surface area contributed by atoms with Crippen LogP contribution in [0, 0.1) is 23.3 Å². The van der Waals surface area contributed by atoms with Gasteiger partial charge in [0.2, 0.25) is 0 Å². The fraction of sp³-hybridized carbons (Fsp3) is 0.400. The van der Waals surface area contributed by atoms with E-state index in [0.717, 1.165) is 11.4 Å². The Morgan fingerprint density at radius 3 is 2.15 bits per heavy atom. The summed E-state index contributed by atoms with van der Waals surface area (Å²) in [5.74, 6) is -7.04. The molecule has 0 aromatic heterocycles. The van der Waals surface area contributed by atoms with E-state index in [1.807, 2.05) is 0 Å². The first-order valence-corrected chi connectivity index (χ1v) is 6.92. The smallest absolute Gasteiger partial charge is 0.301 e. The Balaban J connectivity index is 3.10. The number of nitrogens with one attached hydrogen (secondary N) is 1. The van der Waals surface area contributed by atoms with Crippen LogP contribution < -0.4 is 10.5 Å². The largest absolute Gasteiger partial charge is 0.330 e. The van der Waals surface area contributed by atoms with E-state index in [2.05, 4.69) is 0 Å². The van der Waals surface area contributed by atoms with E-state index >= 15 is 0 Å². The van der Waals surface area contributed by atoms with E-state index < -0.39 is 39.2 Å². The molecule has 0 aliphatic carbocycles. The second-order valence-electron chi connectivity index (χ2n) is 3.91. The molecule has 114 valence electrons. The van der Waals surface area contributed by atoms with Crippen LogP contribution >= 0.6 is 0 Å². The van der Waals surface area contributed by atoms with Crippen molar-refractivity contribution in [3.8, 4) is 0 Å². The van der Waals surface area contributed by atoms with Crippen molar-refractivity contribution in [1.82, 2.24) is 4.31 Å². The van der Waals surface area contributed by atoms with E-state index in [4.69, 9.17) is 5.73 Å². The molecule has 0 heterocycles. The highest BCUT2D eigenvalue weighted by atomic mass is 32.2. The van der Waals surface area contributed by atoms with Crippen LogP contribution in [0.15, 0.2) is 6.07 Å². The van der Waals surface area contributed by atoms with Gasteiger partial charge in [-0.05, 0) is 13.0 Å². The summed E-state index contributed by atoms with van der Waals surface area (Å²) >= 11 is 0. The molecule has 0 fully saturated rings. The van der Waals surface area contributed by atoms with Gasteiger partial charge in [0.15, 0.2) is 23.3 Å². The molecule has 0 spiro atoms. The average molecular weight is 315 g/mol. The fourth-order valence-electron chi connectivity index (χ4n) is 1.30. The number of nitrogens with zero attached hydrogens (tertiary/aromatic N) is 1. The maximum atomic E-state index is 13.3. The van der Waals surface area contributed by atoms with E-state index in [0.29, 0.717) is 6.42 Å². The Labute approximate surface area is 113 Å². The molecule has 20 heavy (non-hydrogen) atoms. The zero-order chi connectivity index (χ0) is 15.5. The Hall–Kier alpha value is -1.39. The molecule has 0 saturated heterocycles. The van der Waals surface area contributed by atoms with Crippen molar-refractivity contribution in [3.63, 3.8) is 0 Å². The summed E-state index contributed by atoms with van der Waals surface area (Å²) in [6.07, 6.45) is 0.305. The van der Waals surface area contributed by atoms with E-state index in [9.17, 15) is 26.0 Å². The number of benzene rings is 1. The van der Waals surface area contributed by atoms with Crippen LogP contribution in [0.25, 0.3) is 0 Å². The minimum absolute atomic E-state index is 0.0133. The molecule has 0 aliphatic heterocycles. The molecule has 0 atom stereocenters. The third-order valence-electron chi connectivity index (χ3n) is 2.43. The van der Waals surface area contributed by atoms with Gasteiger partial charge in [0.05, 0.1) is 0 Å². The van der Waals surface area contributed by atoms with E-state index in [-0.39, 0.29) is 19.2 Å². The first-order chi connectivity index (χ1) is 9.20. The maximum Gasteiger partial charge on any atom is 0.301 e. The predicted octanol–water partition coefficient (Wildman–Crippen LogP) is 1.18. The number of anilines is 1. The Morgan fingerprint density at radius 1 is 1.20 bits per heavy atom. The topological polar surface area (TPSA) is 75.4 Å². The summed E-state index contributed by atoms with van der Waals surface area (Å²) in [6, 6.07) is -0.0133. The average Bonchev–Trinajstić information content (AvgIpc) is 2.38. The van der Waals surface area contributed by atoms with Crippen molar-refractivity contribution < 1.29 is 26.0 Å². The van der Waals surface area contributed by atoms with Crippen LogP contribution in [0.4, 0.5) is 23.2 Å². The van der Waals surface area contributed by atoms with Crippen molar-refractivity contribution in [3.05, 3.63) is 29.3 Å². The molecule has 0 aliphatic rings. The molecule has 0 amide bonds. The first kappa shape index (κ1) is 16.7. The van der Waals surface area contributed by atoms with Crippen LogP contribution in [-0.4, -0.2) is 32.9 Å². The quantitative estimate of drug-likeness (QED) is 0.611. The monoisotopic (exact) mass is 315 g/mol. The van der Waals surface area contributed by atoms with Gasteiger partial charge < -0.3 is 5.73 Å². The Morgan fingerprint density at radius 2 is 1.70 bits per heavy atom. The first-order valence-electron chi connectivity index (χ1n) is 5.48. The standard InChI is InChI=1S/C10H13F4N3O2S/c1-17(4-2-3-15)20(18,19)16-10-8(13)6(11)5-7(12)9(10)14/h5,16H,2-4,15H2,1H3. The van der Waals surface area contributed by atoms with Crippen molar-refractivity contribution in [1.29, 1.82) is 0 Å². The number of hydrogen-bond acceptors (Lipinski definition) is 3. The van der Waals surface area contributed by atoms with E-state index in [1.165, 1.54) is 4.72 Å². The second-order valence-corrected chi connectivity index (χ2v) is 5.69. The lowest BCUT2D eigenvalue weighted by molar-refractivity contribution is 0.454. The van der Waals surface area contributed by atoms with Gasteiger partial charge in [0, 0.05) is 19.7 Å². The normalized spacial score (nSPS) is 11.9. The molecular weight excluding hydrogens is 302 g/mol. The molecule has 0 saturated carbocycles. The molecule has 0 bridgehead atoms. The van der Waals surface area contributed by atoms with Crippen LogP contribution in [0.3, 0.4) is 0 Å². The van der Waals surface area contributed by atoms with Gasteiger partial charge in [-0.1, -0.05) is 0 Å². The Kier molecular flexibility index (Phi) is 5.31. The minimum atomic E-state index is -4.35. The molecule has 5 nitrogen and oxygen atoms in total. The highest BCUT2D eigenvalue weighted by molar-refractivity contribution is 7.90. The summed E-state index contributed by atoms with van der Waals surface area (Å²) in [5.41, 5.74) is 3.80. The van der Waals surface area contributed by atoms with Crippen molar-refractivity contribution >= 4 is 15.9 Å². The van der Waals surface area contributed by atoms with Gasteiger partial charge >= 0.3 is 10.2 Å². The predicted molar refractivity (Wildman–Crippen MR) is 65.1 cm³/mol. The molecule has 0 radical (unpaired) electrons. The maximum absolute atomic E-state index is 13.3. The lowest BCUT2D eigenvalue weighted by Gasteiger charge is -2.18. The number of halogens is 4. The van der Waals surface area contributed by atoms with Gasteiger partial charge in [0.1, 0.15) is 5.69 Å². The number of hydrogen-bond donors (Lipinski definition) is 2. The summed E-state index contributed by atoms with van der Waals surface area (Å²) in [4.78, 5) is 0. The summed E-state index contributed by atoms with van der Waals surface area (Å²) < 4.78 is 78.2. The molecule has 10 heteroatoms. The third kappa shape index (κ3) is 3.58. The van der Waals surface area contributed by atoms with Crippen molar-refractivity contribution in [2.75, 3.05) is 24.9 Å². The zero-order valence-corrected chi connectivity index (χ0v) is 11.3. The van der Waals surface area contributed by atoms with Crippen molar-refractivity contribution in [2.45, 2.75) is 6.42 Å². The van der Waals surface area contributed by atoms with Crippen LogP contribution in [0.2, 0.25) is 0 Å². The highest BCUT2D eigenvalue weighted by Gasteiger charge is 2.25. The van der Waals surface area contributed by atoms with Crippen molar-refractivity contribution in [2.24, 2.45) is 5.73 Å². The SMILES string of the molecule is CN(CCCN)S(=O)(=O)Nc1c(F)c(F)cc(F)c1F. The highest BCUT2D eigenvalue weighted by Crippen LogP contribution is 2.25.